The number of amides is 1. The summed E-state index contributed by atoms with van der Waals surface area (Å²) in [7, 11) is 3.49. The summed E-state index contributed by atoms with van der Waals surface area (Å²) in [5.74, 6) is 1.57. The first-order chi connectivity index (χ1) is 12.6. The van der Waals surface area contributed by atoms with Crippen molar-refractivity contribution >= 4 is 39.3 Å². The van der Waals surface area contributed by atoms with Gasteiger partial charge in [0.15, 0.2) is 11.0 Å². The molecule has 0 radical (unpaired) electrons. The minimum absolute atomic E-state index is 0.0980. The van der Waals surface area contributed by atoms with Crippen molar-refractivity contribution < 1.29 is 9.53 Å². The van der Waals surface area contributed by atoms with E-state index < -0.39 is 0 Å². The van der Waals surface area contributed by atoms with Crippen LogP contribution in [0.25, 0.3) is 11.4 Å². The summed E-state index contributed by atoms with van der Waals surface area (Å²) in [5.41, 5.74) is 1.61. The minimum atomic E-state index is -0.0980. The highest BCUT2D eigenvalue weighted by Gasteiger charge is 2.15. The van der Waals surface area contributed by atoms with Crippen molar-refractivity contribution in [2.75, 3.05) is 18.2 Å². The van der Waals surface area contributed by atoms with Crippen molar-refractivity contribution in [2.24, 2.45) is 7.05 Å². The number of thioether (sulfide) groups is 1. The fourth-order valence-electron chi connectivity index (χ4n) is 2.36. The molecular weight excluding hydrogens is 416 g/mol. The molecule has 8 heteroatoms. The Balaban J connectivity index is 1.67. The Labute approximate surface area is 164 Å². The second-order valence-electron chi connectivity index (χ2n) is 5.41. The quantitative estimate of drug-likeness (QED) is 0.596. The van der Waals surface area contributed by atoms with Crippen LogP contribution in [-0.4, -0.2) is 33.5 Å². The van der Waals surface area contributed by atoms with Crippen LogP contribution in [0.4, 0.5) is 5.69 Å². The van der Waals surface area contributed by atoms with Crippen LogP contribution in [-0.2, 0) is 11.8 Å². The molecule has 26 heavy (non-hydrogen) atoms. The molecule has 0 spiro atoms. The van der Waals surface area contributed by atoms with Crippen LogP contribution in [0.5, 0.6) is 5.75 Å². The Bertz CT molecular complexity index is 912. The molecule has 0 saturated heterocycles. The molecule has 0 fully saturated rings. The standard InChI is InChI=1S/C18H17BrN4O2S/c1-23-17(14-5-3-4-6-15(14)25-2)21-22-18(23)26-11-16(24)20-13-9-7-12(19)8-10-13/h3-10H,11H2,1-2H3,(H,20,24). The number of halogens is 1. The monoisotopic (exact) mass is 432 g/mol. The number of nitrogens with one attached hydrogen (secondary N) is 1. The fourth-order valence-corrected chi connectivity index (χ4v) is 3.34. The second-order valence-corrected chi connectivity index (χ2v) is 7.27. The van der Waals surface area contributed by atoms with Gasteiger partial charge in [0.05, 0.1) is 18.4 Å². The van der Waals surface area contributed by atoms with Gasteiger partial charge in [-0.25, -0.2) is 0 Å². The van der Waals surface area contributed by atoms with Gasteiger partial charge in [0, 0.05) is 17.2 Å². The maximum Gasteiger partial charge on any atom is 0.234 e. The first kappa shape index (κ1) is 18.5. The smallest absolute Gasteiger partial charge is 0.234 e. The summed E-state index contributed by atoms with van der Waals surface area (Å²) in [6.07, 6.45) is 0. The number of carbonyl (C=O) groups excluding carboxylic acids is 1. The lowest BCUT2D eigenvalue weighted by atomic mass is 10.2. The summed E-state index contributed by atoms with van der Waals surface area (Å²) < 4.78 is 8.20. The zero-order valence-corrected chi connectivity index (χ0v) is 16.7. The Morgan fingerprint density at radius 1 is 1.19 bits per heavy atom. The summed E-state index contributed by atoms with van der Waals surface area (Å²) in [6.45, 7) is 0. The van der Waals surface area contributed by atoms with Crippen molar-refractivity contribution in [1.29, 1.82) is 0 Å². The number of carbonyl (C=O) groups is 1. The number of nitrogens with zero attached hydrogens (tertiary/aromatic N) is 3. The SMILES string of the molecule is COc1ccccc1-c1nnc(SCC(=O)Nc2ccc(Br)cc2)n1C. The molecule has 1 heterocycles. The molecule has 3 rings (SSSR count). The summed E-state index contributed by atoms with van der Waals surface area (Å²) >= 11 is 4.70. The number of aromatic nitrogens is 3. The predicted octanol–water partition coefficient (Wildman–Crippen LogP) is 3.98. The first-order valence-corrected chi connectivity index (χ1v) is 9.57. The van der Waals surface area contributed by atoms with E-state index in [0.29, 0.717) is 11.0 Å². The van der Waals surface area contributed by atoms with Gasteiger partial charge in [0.1, 0.15) is 5.75 Å². The number of rotatable bonds is 6. The van der Waals surface area contributed by atoms with Crippen LogP contribution in [0, 0.1) is 0 Å². The Morgan fingerprint density at radius 3 is 2.65 bits per heavy atom. The third-order valence-electron chi connectivity index (χ3n) is 3.64. The molecule has 0 aliphatic carbocycles. The highest BCUT2D eigenvalue weighted by atomic mass is 79.9. The minimum Gasteiger partial charge on any atom is -0.496 e. The van der Waals surface area contributed by atoms with Crippen molar-refractivity contribution in [3.05, 3.63) is 53.0 Å². The van der Waals surface area contributed by atoms with Crippen LogP contribution < -0.4 is 10.1 Å². The van der Waals surface area contributed by atoms with Gasteiger partial charge in [-0.3, -0.25) is 4.79 Å². The number of anilines is 1. The number of benzene rings is 2. The molecule has 0 aliphatic rings. The third-order valence-corrected chi connectivity index (χ3v) is 5.19. The molecule has 1 N–H and O–H groups in total. The summed E-state index contributed by atoms with van der Waals surface area (Å²) in [5, 5.41) is 12.0. The van der Waals surface area contributed by atoms with Crippen molar-refractivity contribution in [3.8, 4) is 17.1 Å². The van der Waals surface area contributed by atoms with E-state index in [1.807, 2.05) is 60.1 Å². The van der Waals surface area contributed by atoms with Gasteiger partial charge < -0.3 is 14.6 Å². The van der Waals surface area contributed by atoms with Crippen LogP contribution >= 0.6 is 27.7 Å². The van der Waals surface area contributed by atoms with E-state index in [1.54, 1.807) is 7.11 Å². The van der Waals surface area contributed by atoms with Gasteiger partial charge in [-0.15, -0.1) is 10.2 Å². The van der Waals surface area contributed by atoms with Gasteiger partial charge in [0.25, 0.3) is 0 Å². The number of methoxy groups -OCH3 is 1. The molecule has 1 amide bonds. The molecule has 2 aromatic carbocycles. The Kier molecular flexibility index (Phi) is 5.95. The van der Waals surface area contributed by atoms with E-state index in [-0.39, 0.29) is 11.7 Å². The lowest BCUT2D eigenvalue weighted by Crippen LogP contribution is -2.14. The average Bonchev–Trinajstić information content (AvgIpc) is 3.02. The normalized spacial score (nSPS) is 10.6. The van der Waals surface area contributed by atoms with E-state index >= 15 is 0 Å². The Hall–Kier alpha value is -2.32. The van der Waals surface area contributed by atoms with Crippen LogP contribution in [0.1, 0.15) is 0 Å². The van der Waals surface area contributed by atoms with E-state index in [0.717, 1.165) is 21.5 Å². The van der Waals surface area contributed by atoms with Crippen molar-refractivity contribution in [3.63, 3.8) is 0 Å². The lowest BCUT2D eigenvalue weighted by Gasteiger charge is -2.08. The lowest BCUT2D eigenvalue weighted by molar-refractivity contribution is -0.113. The van der Waals surface area contributed by atoms with E-state index in [1.165, 1.54) is 11.8 Å². The molecule has 3 aromatic rings. The van der Waals surface area contributed by atoms with Crippen molar-refractivity contribution in [2.45, 2.75) is 5.16 Å². The van der Waals surface area contributed by atoms with E-state index in [4.69, 9.17) is 4.74 Å². The summed E-state index contributed by atoms with van der Waals surface area (Å²) in [6, 6.07) is 15.1. The molecule has 1 aromatic heterocycles. The molecule has 0 saturated carbocycles. The predicted molar refractivity (Wildman–Crippen MR) is 106 cm³/mol. The summed E-state index contributed by atoms with van der Waals surface area (Å²) in [4.78, 5) is 12.1. The Morgan fingerprint density at radius 2 is 1.92 bits per heavy atom. The number of hydrogen-bond donors (Lipinski definition) is 1. The molecule has 134 valence electrons. The zero-order valence-electron chi connectivity index (χ0n) is 14.3. The number of ether oxygens (including phenoxy) is 1. The van der Waals surface area contributed by atoms with Crippen LogP contribution in [0.2, 0.25) is 0 Å². The third kappa shape index (κ3) is 4.25. The maximum atomic E-state index is 12.1. The zero-order chi connectivity index (χ0) is 18.5. The largest absolute Gasteiger partial charge is 0.496 e. The molecule has 6 nitrogen and oxygen atoms in total. The maximum absolute atomic E-state index is 12.1. The van der Waals surface area contributed by atoms with Gasteiger partial charge in [-0.05, 0) is 36.4 Å². The van der Waals surface area contributed by atoms with E-state index in [2.05, 4.69) is 31.4 Å². The second kappa shape index (κ2) is 8.37. The topological polar surface area (TPSA) is 69.0 Å². The van der Waals surface area contributed by atoms with E-state index in [9.17, 15) is 4.79 Å². The first-order valence-electron chi connectivity index (χ1n) is 7.79. The molecule has 0 aliphatic heterocycles. The fraction of sp³-hybridized carbons (Fsp3) is 0.167. The van der Waals surface area contributed by atoms with Crippen LogP contribution in [0.3, 0.4) is 0 Å². The van der Waals surface area contributed by atoms with Gasteiger partial charge in [-0.2, -0.15) is 0 Å². The molecular formula is C18H17BrN4O2S. The highest BCUT2D eigenvalue weighted by molar-refractivity contribution is 9.10. The molecule has 0 bridgehead atoms. The van der Waals surface area contributed by atoms with Crippen LogP contribution in [0.15, 0.2) is 58.2 Å². The number of para-hydroxylation sites is 1. The van der Waals surface area contributed by atoms with Gasteiger partial charge in [0.2, 0.25) is 5.91 Å². The average molecular weight is 433 g/mol. The van der Waals surface area contributed by atoms with Gasteiger partial charge >= 0.3 is 0 Å². The van der Waals surface area contributed by atoms with Gasteiger partial charge in [-0.1, -0.05) is 39.8 Å². The van der Waals surface area contributed by atoms with Crippen molar-refractivity contribution in [1.82, 2.24) is 14.8 Å². The molecule has 0 atom stereocenters. The highest BCUT2D eigenvalue weighted by Crippen LogP contribution is 2.30. The molecule has 0 unspecified atom stereocenters. The number of hydrogen-bond acceptors (Lipinski definition) is 5.